The number of hydrogen-bond donors (Lipinski definition) is 4. The molecule has 2 rings (SSSR count). The summed E-state index contributed by atoms with van der Waals surface area (Å²) in [5.74, 6) is -1.58. The lowest BCUT2D eigenvalue weighted by atomic mass is 10.0. The predicted molar refractivity (Wildman–Crippen MR) is 126 cm³/mol. The number of ketones is 1. The van der Waals surface area contributed by atoms with E-state index in [-0.39, 0.29) is 37.4 Å². The van der Waals surface area contributed by atoms with Crippen LogP contribution < -0.4 is 11.1 Å². The number of nitrogens with zero attached hydrogens (tertiary/aromatic N) is 1. The van der Waals surface area contributed by atoms with Gasteiger partial charge in [-0.1, -0.05) is 26.0 Å². The van der Waals surface area contributed by atoms with Crippen LogP contribution in [0.25, 0.3) is 5.69 Å². The van der Waals surface area contributed by atoms with Gasteiger partial charge in [-0.15, -0.1) is 0 Å². The Balaban J connectivity index is 0.00000118. The van der Waals surface area contributed by atoms with Gasteiger partial charge in [0.2, 0.25) is 11.8 Å². The Labute approximate surface area is 198 Å². The number of carbonyl (C=O) groups is 5. The molecule has 0 saturated carbocycles. The lowest BCUT2D eigenvalue weighted by Crippen LogP contribution is -2.40. The first-order valence-corrected chi connectivity index (χ1v) is 10.8. The van der Waals surface area contributed by atoms with E-state index < -0.39 is 17.9 Å². The van der Waals surface area contributed by atoms with Gasteiger partial charge in [-0.2, -0.15) is 0 Å². The normalized spacial score (nSPS) is 10.4. The smallest absolute Gasteiger partial charge is 0.303 e. The molecule has 10 nitrogen and oxygen atoms in total. The maximum Gasteiger partial charge on any atom is 0.303 e. The van der Waals surface area contributed by atoms with E-state index in [0.717, 1.165) is 11.3 Å². The van der Waals surface area contributed by atoms with E-state index in [1.165, 1.54) is 0 Å². The van der Waals surface area contributed by atoms with Crippen LogP contribution in [0.3, 0.4) is 0 Å². The van der Waals surface area contributed by atoms with Gasteiger partial charge >= 0.3 is 5.97 Å². The molecule has 1 heterocycles. The average molecular weight is 476 g/mol. The topological polar surface area (TPSA) is 169 Å². The molecule has 2 aromatic rings. The first-order chi connectivity index (χ1) is 16.2. The molecule has 0 saturated heterocycles. The van der Waals surface area contributed by atoms with Crippen LogP contribution in [0.15, 0.2) is 48.8 Å². The van der Waals surface area contributed by atoms with Crippen LogP contribution in [0.5, 0.6) is 0 Å². The molecule has 1 atom stereocenters. The van der Waals surface area contributed by atoms with Gasteiger partial charge in [0, 0.05) is 43.8 Å². The van der Waals surface area contributed by atoms with E-state index in [1.807, 2.05) is 60.3 Å². The van der Waals surface area contributed by atoms with E-state index in [9.17, 15) is 19.2 Å². The van der Waals surface area contributed by atoms with E-state index >= 15 is 0 Å². The van der Waals surface area contributed by atoms with Gasteiger partial charge < -0.3 is 25.8 Å². The fourth-order valence-corrected chi connectivity index (χ4v) is 2.70. The van der Waals surface area contributed by atoms with Crippen LogP contribution in [-0.2, 0) is 30.4 Å². The molecular weight excluding hydrogens is 442 g/mol. The van der Waals surface area contributed by atoms with Crippen molar-refractivity contribution in [2.24, 2.45) is 5.73 Å². The van der Waals surface area contributed by atoms with Crippen LogP contribution in [0.1, 0.15) is 51.5 Å². The number of rotatable bonds is 11. The monoisotopic (exact) mass is 475 g/mol. The molecule has 1 aromatic carbocycles. The zero-order valence-electron chi connectivity index (χ0n) is 19.5. The number of amides is 2. The van der Waals surface area contributed by atoms with Crippen LogP contribution >= 0.6 is 0 Å². The van der Waals surface area contributed by atoms with Crippen molar-refractivity contribution in [2.45, 2.75) is 58.4 Å². The number of Topliss-reactive ketones (excluding diaryl/α,β-unsaturated/α-hetero) is 1. The first-order valence-electron chi connectivity index (χ1n) is 10.8. The van der Waals surface area contributed by atoms with E-state index in [1.54, 1.807) is 6.92 Å². The highest BCUT2D eigenvalue weighted by Crippen LogP contribution is 2.11. The Hall–Kier alpha value is -3.95. The lowest BCUT2D eigenvalue weighted by Gasteiger charge is -2.15. The van der Waals surface area contributed by atoms with Gasteiger partial charge in [-0.05, 0) is 42.7 Å². The van der Waals surface area contributed by atoms with Gasteiger partial charge in [0.25, 0.3) is 6.47 Å². The maximum atomic E-state index is 12.1. The third-order valence-corrected chi connectivity index (χ3v) is 4.53. The van der Waals surface area contributed by atoms with Crippen molar-refractivity contribution >= 4 is 30.0 Å². The molecule has 0 spiro atoms. The Bertz CT molecular complexity index is 894. The second-order valence-corrected chi connectivity index (χ2v) is 7.07. The highest BCUT2D eigenvalue weighted by atomic mass is 16.4. The van der Waals surface area contributed by atoms with Crippen LogP contribution in [0.4, 0.5) is 0 Å². The summed E-state index contributed by atoms with van der Waals surface area (Å²) in [6, 6.07) is 11.4. The van der Waals surface area contributed by atoms with Crippen molar-refractivity contribution < 1.29 is 34.2 Å². The first kappa shape index (κ1) is 30.0. The summed E-state index contributed by atoms with van der Waals surface area (Å²) in [6.45, 7) is 3.18. The molecule has 0 fully saturated rings. The molecule has 0 aliphatic rings. The van der Waals surface area contributed by atoms with Crippen LogP contribution in [-0.4, -0.2) is 50.9 Å². The molecular formula is C24H33N3O7. The number of carboxylic acid groups (broad SMARTS) is 2. The van der Waals surface area contributed by atoms with Crippen molar-refractivity contribution in [3.63, 3.8) is 0 Å². The Morgan fingerprint density at radius 1 is 1.03 bits per heavy atom. The number of benzene rings is 1. The minimum absolute atomic E-state index is 0.0128. The maximum absolute atomic E-state index is 12.1. The Morgan fingerprint density at radius 3 is 2.00 bits per heavy atom. The summed E-state index contributed by atoms with van der Waals surface area (Å²) in [7, 11) is 0. The van der Waals surface area contributed by atoms with Gasteiger partial charge in [-0.25, -0.2) is 0 Å². The van der Waals surface area contributed by atoms with E-state index in [0.29, 0.717) is 19.3 Å². The number of nitrogens with two attached hydrogens (primary N) is 1. The molecule has 186 valence electrons. The highest BCUT2D eigenvalue weighted by molar-refractivity contribution is 5.91. The predicted octanol–water partition coefficient (Wildman–Crippen LogP) is 2.32. The molecule has 2 amide bonds. The Morgan fingerprint density at radius 2 is 1.56 bits per heavy atom. The van der Waals surface area contributed by atoms with Crippen molar-refractivity contribution in [2.75, 3.05) is 0 Å². The summed E-state index contributed by atoms with van der Waals surface area (Å²) < 4.78 is 2.01. The Kier molecular flexibility index (Phi) is 15.5. The molecule has 1 aromatic heterocycles. The second-order valence-electron chi connectivity index (χ2n) is 7.07. The number of nitrogens with one attached hydrogen (secondary N) is 1. The summed E-state index contributed by atoms with van der Waals surface area (Å²) in [6.07, 6.45) is 5.65. The van der Waals surface area contributed by atoms with Crippen molar-refractivity contribution in [3.8, 4) is 5.69 Å². The molecule has 0 aliphatic carbocycles. The SMILES string of the molecule is CCC(=O)O.CC[C@H](NC(=O)CCc1ccc(-n2cccc2)cc1)C(=O)CCC(N)=O.O=CO. The fraction of sp³-hybridized carbons (Fsp3) is 0.375. The van der Waals surface area contributed by atoms with Gasteiger partial charge in [0.1, 0.15) is 0 Å². The van der Waals surface area contributed by atoms with E-state index in [2.05, 4.69) is 5.32 Å². The zero-order valence-corrected chi connectivity index (χ0v) is 19.5. The lowest BCUT2D eigenvalue weighted by molar-refractivity contribution is -0.136. The van der Waals surface area contributed by atoms with Crippen molar-refractivity contribution in [1.29, 1.82) is 0 Å². The summed E-state index contributed by atoms with van der Waals surface area (Å²) >= 11 is 0. The number of carboxylic acids is 1. The number of aliphatic carboxylic acids is 1. The third kappa shape index (κ3) is 13.5. The van der Waals surface area contributed by atoms with Gasteiger partial charge in [-0.3, -0.25) is 24.0 Å². The highest BCUT2D eigenvalue weighted by Gasteiger charge is 2.18. The minimum atomic E-state index is -0.745. The number of primary amides is 1. The largest absolute Gasteiger partial charge is 0.483 e. The van der Waals surface area contributed by atoms with Crippen molar-refractivity contribution in [1.82, 2.24) is 9.88 Å². The standard InChI is InChI=1S/C20H25N3O3.C3H6O2.CH2O2/c1-2-17(18(24)10-11-19(21)25)22-20(26)12-7-15-5-8-16(9-6-15)23-13-3-4-14-23;1-2-3(4)5;2-1-3/h3-6,8-9,13-14,17H,2,7,10-12H2,1H3,(H2,21,25)(H,22,26);2H2,1H3,(H,4,5);1H,(H,2,3)/t17-;;/m0../s1. The molecule has 0 radical (unpaired) electrons. The molecule has 0 aliphatic heterocycles. The average Bonchev–Trinajstić information content (AvgIpc) is 3.36. The molecule has 5 N–H and O–H groups in total. The molecule has 34 heavy (non-hydrogen) atoms. The zero-order chi connectivity index (χ0) is 25.9. The third-order valence-electron chi connectivity index (χ3n) is 4.53. The van der Waals surface area contributed by atoms with E-state index in [4.69, 9.17) is 20.7 Å². The molecule has 0 unspecified atom stereocenters. The summed E-state index contributed by atoms with van der Waals surface area (Å²) in [5, 5.41) is 17.4. The fourth-order valence-electron chi connectivity index (χ4n) is 2.70. The number of carbonyl (C=O) groups excluding carboxylic acids is 3. The van der Waals surface area contributed by atoms with Crippen molar-refractivity contribution in [3.05, 3.63) is 54.4 Å². The minimum Gasteiger partial charge on any atom is -0.483 e. The second kappa shape index (κ2) is 17.6. The van der Waals surface area contributed by atoms with Gasteiger partial charge in [0.05, 0.1) is 6.04 Å². The summed E-state index contributed by atoms with van der Waals surface area (Å²) in [4.78, 5) is 52.6. The number of hydrogen-bond acceptors (Lipinski definition) is 5. The number of aryl methyl sites for hydroxylation is 1. The molecule has 0 bridgehead atoms. The van der Waals surface area contributed by atoms with Gasteiger partial charge in [0.15, 0.2) is 5.78 Å². The van der Waals surface area contributed by atoms with Crippen LogP contribution in [0, 0.1) is 0 Å². The summed E-state index contributed by atoms with van der Waals surface area (Å²) in [5.41, 5.74) is 7.18. The molecule has 10 heteroatoms. The quantitative estimate of drug-likeness (QED) is 0.361. The number of aromatic nitrogens is 1. The van der Waals surface area contributed by atoms with Crippen LogP contribution in [0.2, 0.25) is 0 Å².